The van der Waals surface area contributed by atoms with E-state index in [1.165, 1.54) is 12.1 Å². The number of hydrogen-bond donors (Lipinski definition) is 2. The number of halogens is 4. The number of rotatable bonds is 3. The van der Waals surface area contributed by atoms with Gasteiger partial charge >= 0.3 is 12.1 Å². The maximum Gasteiger partial charge on any atom is 0.431 e. The molecule has 1 aromatic rings. The van der Waals surface area contributed by atoms with E-state index in [4.69, 9.17) is 11.6 Å². The van der Waals surface area contributed by atoms with Gasteiger partial charge in [-0.2, -0.15) is 13.2 Å². The summed E-state index contributed by atoms with van der Waals surface area (Å²) >= 11 is 5.58. The van der Waals surface area contributed by atoms with Gasteiger partial charge in [0.25, 0.3) is 5.60 Å². The molecule has 1 rings (SSSR count). The summed E-state index contributed by atoms with van der Waals surface area (Å²) in [6, 6.07) is 4.74. The average Bonchev–Trinajstić information content (AvgIpc) is 2.34. The number of methoxy groups -OCH3 is 1. The van der Waals surface area contributed by atoms with E-state index >= 15 is 0 Å². The number of alkyl halides is 3. The van der Waals surface area contributed by atoms with Crippen LogP contribution in [-0.2, 0) is 9.53 Å². The van der Waals surface area contributed by atoms with E-state index in [1.807, 2.05) is 0 Å². The van der Waals surface area contributed by atoms with Crippen molar-refractivity contribution in [3.63, 3.8) is 0 Å². The molecule has 0 heterocycles. The molecule has 0 spiro atoms. The van der Waals surface area contributed by atoms with E-state index in [0.717, 1.165) is 12.1 Å². The average molecular weight is 299 g/mol. The lowest BCUT2D eigenvalue weighted by atomic mass is 9.90. The molecule has 0 saturated carbocycles. The van der Waals surface area contributed by atoms with Crippen molar-refractivity contribution >= 4 is 17.6 Å². The van der Waals surface area contributed by atoms with Crippen LogP contribution in [0.5, 0.6) is 0 Å². The van der Waals surface area contributed by atoms with Crippen molar-refractivity contribution in [1.29, 1.82) is 0 Å². The van der Waals surface area contributed by atoms with E-state index < -0.39 is 23.9 Å². The van der Waals surface area contributed by atoms with Crippen molar-refractivity contribution in [2.75, 3.05) is 7.11 Å². The van der Waals surface area contributed by atoms with Gasteiger partial charge in [-0.25, -0.2) is 4.79 Å². The van der Waals surface area contributed by atoms with Crippen molar-refractivity contribution in [2.24, 2.45) is 0 Å². The van der Waals surface area contributed by atoms with Crippen LogP contribution >= 0.6 is 11.6 Å². The zero-order valence-electron chi connectivity index (χ0n) is 9.61. The second-order valence-corrected chi connectivity index (χ2v) is 4.15. The van der Waals surface area contributed by atoms with Crippen LogP contribution in [0.3, 0.4) is 0 Å². The fraction of sp³-hybridized carbons (Fsp3) is 0.364. The number of benzene rings is 1. The first kappa shape index (κ1) is 15.7. The molecule has 8 heteroatoms. The molecule has 2 N–H and O–H groups in total. The summed E-state index contributed by atoms with van der Waals surface area (Å²) in [5.74, 6) is -2.01. The maximum absolute atomic E-state index is 12.8. The Kier molecular flexibility index (Phi) is 4.44. The summed E-state index contributed by atoms with van der Waals surface area (Å²) in [6.45, 7) is 0. The summed E-state index contributed by atoms with van der Waals surface area (Å²) < 4.78 is 42.4. The number of carbonyl (C=O) groups excluding carboxylic acids is 1. The van der Waals surface area contributed by atoms with Gasteiger partial charge in [0.05, 0.1) is 7.11 Å². The summed E-state index contributed by atoms with van der Waals surface area (Å²) in [5, 5.41) is 19.3. The molecule has 0 amide bonds. The van der Waals surface area contributed by atoms with Gasteiger partial charge < -0.3 is 14.9 Å². The molecule has 0 radical (unpaired) electrons. The highest BCUT2D eigenvalue weighted by Gasteiger charge is 2.65. The van der Waals surface area contributed by atoms with Crippen molar-refractivity contribution in [3.05, 3.63) is 34.9 Å². The van der Waals surface area contributed by atoms with Crippen LogP contribution in [0.1, 0.15) is 11.7 Å². The minimum absolute atomic E-state index is 0.0472. The van der Waals surface area contributed by atoms with E-state index in [9.17, 15) is 28.2 Å². The minimum Gasteiger partial charge on any atom is -0.467 e. The van der Waals surface area contributed by atoms with Gasteiger partial charge in [-0.15, -0.1) is 0 Å². The molecule has 2 unspecified atom stereocenters. The summed E-state index contributed by atoms with van der Waals surface area (Å²) in [6.07, 6.45) is -7.97. The quantitative estimate of drug-likeness (QED) is 0.836. The third-order valence-electron chi connectivity index (χ3n) is 2.49. The second-order valence-electron chi connectivity index (χ2n) is 3.71. The van der Waals surface area contributed by atoms with Gasteiger partial charge in [-0.3, -0.25) is 0 Å². The molecule has 0 aliphatic heterocycles. The first-order chi connectivity index (χ1) is 8.64. The van der Waals surface area contributed by atoms with Gasteiger partial charge in [0.15, 0.2) is 0 Å². The SMILES string of the molecule is COC(=O)C(O)(C(O)c1cccc(Cl)c1)C(F)(F)F. The molecule has 106 valence electrons. The van der Waals surface area contributed by atoms with Gasteiger partial charge in [0.2, 0.25) is 0 Å². The topological polar surface area (TPSA) is 66.8 Å². The third kappa shape index (κ3) is 2.83. The lowest BCUT2D eigenvalue weighted by Crippen LogP contribution is -2.57. The fourth-order valence-corrected chi connectivity index (χ4v) is 1.65. The first-order valence-electron chi connectivity index (χ1n) is 4.95. The Morgan fingerprint density at radius 3 is 2.42 bits per heavy atom. The van der Waals surface area contributed by atoms with E-state index in [0.29, 0.717) is 7.11 Å². The third-order valence-corrected chi connectivity index (χ3v) is 2.72. The maximum atomic E-state index is 12.8. The Morgan fingerprint density at radius 1 is 1.42 bits per heavy atom. The van der Waals surface area contributed by atoms with Gasteiger partial charge in [-0.1, -0.05) is 23.7 Å². The van der Waals surface area contributed by atoms with Crippen molar-refractivity contribution in [3.8, 4) is 0 Å². The van der Waals surface area contributed by atoms with Crippen LogP contribution in [0.15, 0.2) is 24.3 Å². The van der Waals surface area contributed by atoms with Crippen LogP contribution in [0.4, 0.5) is 13.2 Å². The van der Waals surface area contributed by atoms with Crippen LogP contribution in [-0.4, -0.2) is 35.1 Å². The Bertz CT molecular complexity index is 477. The van der Waals surface area contributed by atoms with E-state index in [-0.39, 0.29) is 10.6 Å². The summed E-state index contributed by atoms with van der Waals surface area (Å²) in [5.41, 5.74) is -4.43. The van der Waals surface area contributed by atoms with Crippen LogP contribution in [0.25, 0.3) is 0 Å². The molecule has 0 aliphatic rings. The zero-order chi connectivity index (χ0) is 14.8. The van der Waals surface area contributed by atoms with E-state index in [2.05, 4.69) is 4.74 Å². The lowest BCUT2D eigenvalue weighted by molar-refractivity contribution is -0.288. The molecule has 19 heavy (non-hydrogen) atoms. The van der Waals surface area contributed by atoms with Crippen LogP contribution in [0.2, 0.25) is 5.02 Å². The molecule has 1 aromatic carbocycles. The highest BCUT2D eigenvalue weighted by atomic mass is 35.5. The van der Waals surface area contributed by atoms with E-state index in [1.54, 1.807) is 0 Å². The summed E-state index contributed by atoms with van der Waals surface area (Å²) in [4.78, 5) is 11.2. The first-order valence-corrected chi connectivity index (χ1v) is 5.33. The molecule has 0 saturated heterocycles. The predicted molar refractivity (Wildman–Crippen MR) is 59.4 cm³/mol. The van der Waals surface area contributed by atoms with Crippen molar-refractivity contribution < 1.29 is 32.9 Å². The van der Waals surface area contributed by atoms with Crippen LogP contribution < -0.4 is 0 Å². The molecular weight excluding hydrogens is 289 g/mol. The lowest BCUT2D eigenvalue weighted by Gasteiger charge is -2.32. The Morgan fingerprint density at radius 2 is 2.00 bits per heavy atom. The summed E-state index contributed by atoms with van der Waals surface area (Å²) in [7, 11) is 0.670. The number of aliphatic hydroxyl groups is 2. The van der Waals surface area contributed by atoms with Gasteiger partial charge in [-0.05, 0) is 17.7 Å². The minimum atomic E-state index is -5.41. The van der Waals surface area contributed by atoms with Gasteiger partial charge in [0.1, 0.15) is 6.10 Å². The predicted octanol–water partition coefficient (Wildman–Crippen LogP) is 1.84. The van der Waals surface area contributed by atoms with Gasteiger partial charge in [0, 0.05) is 5.02 Å². The number of ether oxygens (including phenoxy) is 1. The standard InChI is InChI=1S/C11H10ClF3O4/c1-19-9(17)10(18,11(13,14)15)8(16)6-3-2-4-7(12)5-6/h2-5,8,16,18H,1H3. The molecule has 4 nitrogen and oxygen atoms in total. The zero-order valence-corrected chi connectivity index (χ0v) is 10.4. The molecule has 2 atom stereocenters. The Hall–Kier alpha value is -1.31. The Labute approximate surface area is 111 Å². The fourth-order valence-electron chi connectivity index (χ4n) is 1.46. The molecule has 0 fully saturated rings. The molecular formula is C11H10ClF3O4. The normalized spacial score (nSPS) is 16.6. The number of aliphatic hydroxyl groups excluding tert-OH is 1. The number of esters is 1. The monoisotopic (exact) mass is 298 g/mol. The highest BCUT2D eigenvalue weighted by Crippen LogP contribution is 2.41. The largest absolute Gasteiger partial charge is 0.467 e. The number of hydrogen-bond acceptors (Lipinski definition) is 4. The highest BCUT2D eigenvalue weighted by molar-refractivity contribution is 6.30. The van der Waals surface area contributed by atoms with Crippen LogP contribution in [0, 0.1) is 0 Å². The Balaban J connectivity index is 3.30. The number of carbonyl (C=O) groups is 1. The smallest absolute Gasteiger partial charge is 0.431 e. The molecule has 0 aromatic heterocycles. The molecule has 0 bridgehead atoms. The van der Waals surface area contributed by atoms with Crippen molar-refractivity contribution in [1.82, 2.24) is 0 Å². The van der Waals surface area contributed by atoms with Crippen molar-refractivity contribution in [2.45, 2.75) is 17.9 Å². The second kappa shape index (κ2) is 5.36. The molecule has 0 aliphatic carbocycles.